The van der Waals surface area contributed by atoms with Crippen molar-refractivity contribution in [3.63, 3.8) is 0 Å². The van der Waals surface area contributed by atoms with E-state index in [-0.39, 0.29) is 11.5 Å². The molecule has 0 atom stereocenters. The Morgan fingerprint density at radius 2 is 1.62 bits per heavy atom. The van der Waals surface area contributed by atoms with E-state index in [0.717, 1.165) is 27.9 Å². The molecule has 1 aliphatic rings. The summed E-state index contributed by atoms with van der Waals surface area (Å²) in [5, 5.41) is 9.73. The second-order valence-corrected chi connectivity index (χ2v) is 7.40. The summed E-state index contributed by atoms with van der Waals surface area (Å²) < 4.78 is 0. The third kappa shape index (κ3) is 3.22. The lowest BCUT2D eigenvalue weighted by molar-refractivity contribution is -0.112. The zero-order valence-corrected chi connectivity index (χ0v) is 16.7. The Morgan fingerprint density at radius 1 is 0.966 bits per heavy atom. The normalized spacial score (nSPS) is 14.4. The molecule has 0 saturated carbocycles. The quantitative estimate of drug-likeness (QED) is 0.556. The van der Waals surface area contributed by atoms with Gasteiger partial charge in [-0.25, -0.2) is 4.79 Å². The average Bonchev–Trinajstić information content (AvgIpc) is 2.97. The lowest BCUT2D eigenvalue weighted by Crippen LogP contribution is -2.20. The number of nitrogens with zero attached hydrogens (tertiary/aromatic N) is 1. The predicted octanol–water partition coefficient (Wildman–Crippen LogP) is 5.87. The van der Waals surface area contributed by atoms with Crippen molar-refractivity contribution in [2.75, 3.05) is 4.90 Å². The third-order valence-corrected chi connectivity index (χ3v) is 5.46. The van der Waals surface area contributed by atoms with Gasteiger partial charge >= 0.3 is 5.97 Å². The summed E-state index contributed by atoms with van der Waals surface area (Å²) in [5.74, 6) is -1.17. The Hall–Kier alpha value is -3.37. The fourth-order valence-corrected chi connectivity index (χ4v) is 3.92. The highest BCUT2D eigenvalue weighted by Gasteiger charge is 2.34. The number of fused-ring (bicyclic) bond motifs is 1. The van der Waals surface area contributed by atoms with Gasteiger partial charge in [0.1, 0.15) is 0 Å². The van der Waals surface area contributed by atoms with Crippen molar-refractivity contribution >= 4 is 46.5 Å². The van der Waals surface area contributed by atoms with Gasteiger partial charge in [-0.3, -0.25) is 9.69 Å². The van der Waals surface area contributed by atoms with E-state index in [1.165, 1.54) is 12.1 Å². The van der Waals surface area contributed by atoms with Crippen LogP contribution >= 0.6 is 11.6 Å². The number of amides is 1. The zero-order chi connectivity index (χ0) is 20.7. The van der Waals surface area contributed by atoms with Crippen molar-refractivity contribution < 1.29 is 14.7 Å². The molecule has 0 fully saturated rings. The standard InChI is InChI=1S/C24H18ClNO3/c1-14-5-3-7-20(25)18(14)13-19-22-15(2)6-4-8-21(22)26(23(19)27)17-11-9-16(10-12-17)24(28)29/h3-13H,1-2H3,(H,28,29). The van der Waals surface area contributed by atoms with Gasteiger partial charge in [0.2, 0.25) is 0 Å². The van der Waals surface area contributed by atoms with Gasteiger partial charge in [0.05, 0.1) is 16.8 Å². The molecule has 0 aliphatic carbocycles. The molecule has 0 unspecified atom stereocenters. The molecule has 5 heteroatoms. The predicted molar refractivity (Wildman–Crippen MR) is 116 cm³/mol. The maximum Gasteiger partial charge on any atom is 0.335 e. The first-order valence-electron chi connectivity index (χ1n) is 9.13. The van der Waals surface area contributed by atoms with Gasteiger partial charge < -0.3 is 5.11 Å². The van der Waals surface area contributed by atoms with Crippen LogP contribution in [0.3, 0.4) is 0 Å². The molecule has 1 amide bonds. The molecular weight excluding hydrogens is 386 g/mol. The Bertz CT molecular complexity index is 1160. The number of carboxylic acids is 1. The van der Waals surface area contributed by atoms with Crippen LogP contribution in [0.15, 0.2) is 60.7 Å². The van der Waals surface area contributed by atoms with E-state index in [0.29, 0.717) is 16.3 Å². The van der Waals surface area contributed by atoms with Crippen molar-refractivity contribution in [3.8, 4) is 0 Å². The number of rotatable bonds is 3. The number of hydrogen-bond donors (Lipinski definition) is 1. The molecule has 0 spiro atoms. The number of carbonyl (C=O) groups is 2. The van der Waals surface area contributed by atoms with Crippen LogP contribution < -0.4 is 4.90 Å². The van der Waals surface area contributed by atoms with Crippen molar-refractivity contribution in [3.05, 3.63) is 93.5 Å². The van der Waals surface area contributed by atoms with Crippen molar-refractivity contribution in [1.82, 2.24) is 0 Å². The smallest absolute Gasteiger partial charge is 0.335 e. The monoisotopic (exact) mass is 403 g/mol. The molecule has 4 rings (SSSR count). The molecule has 1 aliphatic heterocycles. The molecule has 3 aromatic rings. The molecule has 0 radical (unpaired) electrons. The molecule has 0 saturated heterocycles. The first-order chi connectivity index (χ1) is 13.9. The van der Waals surface area contributed by atoms with Gasteiger partial charge in [0.15, 0.2) is 0 Å². The SMILES string of the molecule is Cc1cccc(Cl)c1C=C1C(=O)N(c2ccc(C(=O)O)cc2)c2cccc(C)c21. The largest absolute Gasteiger partial charge is 0.478 e. The number of aromatic carboxylic acids is 1. The second kappa shape index (κ2) is 7.22. The summed E-state index contributed by atoms with van der Waals surface area (Å²) in [6, 6.07) is 17.7. The molecule has 1 N–H and O–H groups in total. The fraction of sp³-hybridized carbons (Fsp3) is 0.0833. The highest BCUT2D eigenvalue weighted by Crippen LogP contribution is 2.44. The maximum atomic E-state index is 13.5. The van der Waals surface area contributed by atoms with Crippen molar-refractivity contribution in [1.29, 1.82) is 0 Å². The van der Waals surface area contributed by atoms with E-state index < -0.39 is 5.97 Å². The van der Waals surface area contributed by atoms with E-state index in [2.05, 4.69) is 0 Å². The van der Waals surface area contributed by atoms with Crippen LogP contribution in [-0.2, 0) is 4.79 Å². The average molecular weight is 404 g/mol. The molecule has 0 aromatic heterocycles. The minimum absolute atomic E-state index is 0.170. The highest BCUT2D eigenvalue weighted by molar-refractivity contribution is 6.39. The number of benzene rings is 3. The summed E-state index contributed by atoms with van der Waals surface area (Å²) in [6.07, 6.45) is 1.84. The van der Waals surface area contributed by atoms with E-state index in [4.69, 9.17) is 16.7 Å². The van der Waals surface area contributed by atoms with Crippen LogP contribution in [-0.4, -0.2) is 17.0 Å². The van der Waals surface area contributed by atoms with Crippen LogP contribution in [0.25, 0.3) is 11.6 Å². The van der Waals surface area contributed by atoms with E-state index in [1.54, 1.807) is 17.0 Å². The summed E-state index contributed by atoms with van der Waals surface area (Å²) in [4.78, 5) is 26.2. The minimum atomic E-state index is -1.00. The van der Waals surface area contributed by atoms with Crippen LogP contribution in [0.4, 0.5) is 11.4 Å². The Kier molecular flexibility index (Phi) is 4.73. The lowest BCUT2D eigenvalue weighted by Gasteiger charge is -2.17. The number of aryl methyl sites for hydroxylation is 2. The molecule has 3 aromatic carbocycles. The third-order valence-electron chi connectivity index (χ3n) is 5.13. The molecule has 1 heterocycles. The van der Waals surface area contributed by atoms with Crippen molar-refractivity contribution in [2.45, 2.75) is 13.8 Å². The Labute approximate surface area is 173 Å². The molecule has 29 heavy (non-hydrogen) atoms. The van der Waals surface area contributed by atoms with Gasteiger partial charge in [-0.1, -0.05) is 35.9 Å². The van der Waals surface area contributed by atoms with Gasteiger partial charge in [-0.2, -0.15) is 0 Å². The van der Waals surface area contributed by atoms with Gasteiger partial charge in [0.25, 0.3) is 5.91 Å². The number of carbonyl (C=O) groups excluding carboxylic acids is 1. The lowest BCUT2D eigenvalue weighted by atomic mass is 9.98. The van der Waals surface area contributed by atoms with E-state index >= 15 is 0 Å². The van der Waals surface area contributed by atoms with Gasteiger partial charge in [-0.05, 0) is 73.0 Å². The number of anilines is 2. The first kappa shape index (κ1) is 19.0. The minimum Gasteiger partial charge on any atom is -0.478 e. The summed E-state index contributed by atoms with van der Waals surface area (Å²) in [7, 11) is 0. The number of carboxylic acid groups (broad SMARTS) is 1. The molecule has 4 nitrogen and oxygen atoms in total. The topological polar surface area (TPSA) is 57.6 Å². The van der Waals surface area contributed by atoms with Crippen LogP contribution in [0.5, 0.6) is 0 Å². The van der Waals surface area contributed by atoms with Crippen LogP contribution in [0.1, 0.15) is 32.6 Å². The van der Waals surface area contributed by atoms with Gasteiger partial charge in [0, 0.05) is 16.3 Å². The molecule has 144 valence electrons. The summed E-state index contributed by atoms with van der Waals surface area (Å²) in [6.45, 7) is 3.93. The van der Waals surface area contributed by atoms with E-state index in [9.17, 15) is 9.59 Å². The fourth-order valence-electron chi connectivity index (χ4n) is 3.64. The Balaban J connectivity index is 1.89. The van der Waals surface area contributed by atoms with E-state index in [1.807, 2.05) is 56.3 Å². The summed E-state index contributed by atoms with van der Waals surface area (Å²) in [5.41, 5.74) is 5.77. The molecular formula is C24H18ClNO3. The van der Waals surface area contributed by atoms with Crippen LogP contribution in [0.2, 0.25) is 5.02 Å². The first-order valence-corrected chi connectivity index (χ1v) is 9.51. The highest BCUT2D eigenvalue weighted by atomic mass is 35.5. The number of hydrogen-bond acceptors (Lipinski definition) is 2. The molecule has 0 bridgehead atoms. The van der Waals surface area contributed by atoms with Gasteiger partial charge in [-0.15, -0.1) is 0 Å². The maximum absolute atomic E-state index is 13.5. The van der Waals surface area contributed by atoms with Crippen LogP contribution in [0, 0.1) is 13.8 Å². The zero-order valence-electron chi connectivity index (χ0n) is 15.9. The second-order valence-electron chi connectivity index (χ2n) is 6.99. The van der Waals surface area contributed by atoms with Crippen molar-refractivity contribution in [2.24, 2.45) is 0 Å². The summed E-state index contributed by atoms with van der Waals surface area (Å²) >= 11 is 6.40. The Morgan fingerprint density at radius 3 is 2.28 bits per heavy atom. The number of halogens is 1.